The molecule has 0 aliphatic rings. The first kappa shape index (κ1) is 23.0. The van der Waals surface area contributed by atoms with Crippen LogP contribution < -0.4 is 5.32 Å². The molecular weight excluding hydrogens is 452 g/mol. The summed E-state index contributed by atoms with van der Waals surface area (Å²) in [5.74, 6) is -0.164. The number of carbonyl (C=O) groups is 2. The van der Waals surface area contributed by atoms with Crippen LogP contribution in [0.25, 0.3) is 10.8 Å². The van der Waals surface area contributed by atoms with Gasteiger partial charge in [0.2, 0.25) is 11.8 Å². The number of hydrogen-bond donors (Lipinski definition) is 1. The Kier molecular flexibility index (Phi) is 7.85. The van der Waals surface area contributed by atoms with Crippen LogP contribution in [0.5, 0.6) is 0 Å². The number of hydrogen-bond acceptors (Lipinski definition) is 2. The van der Waals surface area contributed by atoms with Gasteiger partial charge in [0.05, 0.1) is 0 Å². The maximum atomic E-state index is 13.3. The summed E-state index contributed by atoms with van der Waals surface area (Å²) >= 11 is 3.49. The van der Waals surface area contributed by atoms with Crippen LogP contribution in [0.1, 0.15) is 38.3 Å². The van der Waals surface area contributed by atoms with Gasteiger partial charge in [-0.3, -0.25) is 9.59 Å². The van der Waals surface area contributed by atoms with Crippen LogP contribution in [0.15, 0.2) is 71.2 Å². The Morgan fingerprint density at radius 1 is 0.968 bits per heavy atom. The molecule has 0 saturated heterocycles. The summed E-state index contributed by atoms with van der Waals surface area (Å²) in [6.45, 7) is 6.03. The monoisotopic (exact) mass is 480 g/mol. The lowest BCUT2D eigenvalue weighted by molar-refractivity contribution is -0.140. The molecule has 0 fully saturated rings. The van der Waals surface area contributed by atoms with Gasteiger partial charge >= 0.3 is 0 Å². The van der Waals surface area contributed by atoms with E-state index in [-0.39, 0.29) is 17.9 Å². The molecule has 0 heterocycles. The highest BCUT2D eigenvalue weighted by Crippen LogP contribution is 2.21. The van der Waals surface area contributed by atoms with Crippen LogP contribution in [-0.2, 0) is 22.6 Å². The Morgan fingerprint density at radius 2 is 1.68 bits per heavy atom. The van der Waals surface area contributed by atoms with Gasteiger partial charge in [0.25, 0.3) is 0 Å². The van der Waals surface area contributed by atoms with Gasteiger partial charge in [0, 0.05) is 23.5 Å². The molecule has 3 rings (SSSR count). The first-order valence-corrected chi connectivity index (χ1v) is 11.5. The predicted molar refractivity (Wildman–Crippen MR) is 130 cm³/mol. The SMILES string of the molecule is CC(C)NC(=O)[C@H](C)N(Cc1cccc(Br)c1)C(=O)CCc1cccc2ccccc12. The van der Waals surface area contributed by atoms with Crippen molar-refractivity contribution < 1.29 is 9.59 Å². The van der Waals surface area contributed by atoms with Crippen molar-refractivity contribution in [3.05, 3.63) is 82.3 Å². The minimum Gasteiger partial charge on any atom is -0.352 e. The molecule has 31 heavy (non-hydrogen) atoms. The lowest BCUT2D eigenvalue weighted by Crippen LogP contribution is -2.49. The highest BCUT2D eigenvalue weighted by Gasteiger charge is 2.26. The normalized spacial score (nSPS) is 12.0. The standard InChI is InChI=1S/C26H29BrN2O2/c1-18(2)28-26(31)19(3)29(17-20-8-6-12-23(27)16-20)25(30)15-14-22-11-7-10-21-9-4-5-13-24(21)22/h4-13,16,18-19H,14-15,17H2,1-3H3,(H,28,31)/t19-/m0/s1. The largest absolute Gasteiger partial charge is 0.352 e. The van der Waals surface area contributed by atoms with Crippen LogP contribution in [-0.4, -0.2) is 28.8 Å². The molecule has 0 unspecified atom stereocenters. The fraction of sp³-hybridized carbons (Fsp3) is 0.308. The molecule has 0 radical (unpaired) electrons. The highest BCUT2D eigenvalue weighted by molar-refractivity contribution is 9.10. The van der Waals surface area contributed by atoms with E-state index in [0.717, 1.165) is 15.6 Å². The molecule has 162 valence electrons. The van der Waals surface area contributed by atoms with Crippen molar-refractivity contribution in [1.82, 2.24) is 10.2 Å². The molecule has 0 aromatic heterocycles. The van der Waals surface area contributed by atoms with Crippen LogP contribution in [0.2, 0.25) is 0 Å². The van der Waals surface area contributed by atoms with Gasteiger partial charge in [-0.05, 0) is 61.2 Å². The van der Waals surface area contributed by atoms with E-state index in [9.17, 15) is 9.59 Å². The second-order valence-corrected chi connectivity index (χ2v) is 9.04. The molecule has 0 saturated carbocycles. The number of benzene rings is 3. The minimum absolute atomic E-state index is 0.0217. The number of amides is 2. The second-order valence-electron chi connectivity index (χ2n) is 8.13. The maximum absolute atomic E-state index is 13.3. The fourth-order valence-corrected chi connectivity index (χ4v) is 4.16. The third-order valence-electron chi connectivity index (χ3n) is 5.33. The van der Waals surface area contributed by atoms with Crippen molar-refractivity contribution in [1.29, 1.82) is 0 Å². The smallest absolute Gasteiger partial charge is 0.242 e. The van der Waals surface area contributed by atoms with Gasteiger partial charge in [0.15, 0.2) is 0 Å². The van der Waals surface area contributed by atoms with E-state index < -0.39 is 6.04 Å². The quantitative estimate of drug-likeness (QED) is 0.464. The number of halogens is 1. The van der Waals surface area contributed by atoms with E-state index in [1.807, 2.05) is 56.3 Å². The average molecular weight is 481 g/mol. The van der Waals surface area contributed by atoms with Crippen LogP contribution >= 0.6 is 15.9 Å². The van der Waals surface area contributed by atoms with Crippen LogP contribution in [0, 0.1) is 0 Å². The van der Waals surface area contributed by atoms with Gasteiger partial charge in [-0.2, -0.15) is 0 Å². The zero-order valence-electron chi connectivity index (χ0n) is 18.3. The number of nitrogens with one attached hydrogen (secondary N) is 1. The molecular formula is C26H29BrN2O2. The molecule has 1 atom stereocenters. The number of carbonyl (C=O) groups excluding carboxylic acids is 2. The molecule has 0 bridgehead atoms. The van der Waals surface area contributed by atoms with Crippen molar-refractivity contribution in [2.45, 2.75) is 52.2 Å². The number of fused-ring (bicyclic) bond motifs is 1. The average Bonchev–Trinajstić information content (AvgIpc) is 2.75. The van der Waals surface area contributed by atoms with Crippen molar-refractivity contribution in [2.24, 2.45) is 0 Å². The summed E-state index contributed by atoms with van der Waals surface area (Å²) in [5, 5.41) is 5.27. The first-order valence-electron chi connectivity index (χ1n) is 10.7. The molecule has 0 aliphatic carbocycles. The highest BCUT2D eigenvalue weighted by atomic mass is 79.9. The number of rotatable bonds is 8. The minimum atomic E-state index is -0.554. The summed E-state index contributed by atoms with van der Waals surface area (Å²) < 4.78 is 0.951. The molecule has 0 spiro atoms. The van der Waals surface area contributed by atoms with Crippen molar-refractivity contribution in [3.8, 4) is 0 Å². The van der Waals surface area contributed by atoms with Gasteiger partial charge in [-0.15, -0.1) is 0 Å². The predicted octanol–water partition coefficient (Wildman–Crippen LogP) is 5.48. The zero-order valence-corrected chi connectivity index (χ0v) is 19.9. The Hall–Kier alpha value is -2.66. The van der Waals surface area contributed by atoms with Gasteiger partial charge < -0.3 is 10.2 Å². The van der Waals surface area contributed by atoms with Gasteiger partial charge in [-0.1, -0.05) is 70.5 Å². The Balaban J connectivity index is 1.79. The Labute approximate surface area is 192 Å². The summed E-state index contributed by atoms with van der Waals surface area (Å²) in [5.41, 5.74) is 2.13. The van der Waals surface area contributed by atoms with Gasteiger partial charge in [0.1, 0.15) is 6.04 Å². The van der Waals surface area contributed by atoms with Crippen LogP contribution in [0.3, 0.4) is 0 Å². The Morgan fingerprint density at radius 3 is 2.42 bits per heavy atom. The van der Waals surface area contributed by atoms with Crippen molar-refractivity contribution in [3.63, 3.8) is 0 Å². The van der Waals surface area contributed by atoms with Crippen molar-refractivity contribution >= 4 is 38.5 Å². The Bertz CT molecular complexity index is 1060. The van der Waals surface area contributed by atoms with E-state index in [4.69, 9.17) is 0 Å². The number of aryl methyl sites for hydroxylation is 1. The van der Waals surface area contributed by atoms with Crippen molar-refractivity contribution in [2.75, 3.05) is 0 Å². The van der Waals surface area contributed by atoms with E-state index in [0.29, 0.717) is 19.4 Å². The molecule has 3 aromatic carbocycles. The topological polar surface area (TPSA) is 49.4 Å². The summed E-state index contributed by atoms with van der Waals surface area (Å²) in [4.78, 5) is 27.7. The van der Waals surface area contributed by atoms with E-state index in [1.54, 1.807) is 11.8 Å². The molecule has 4 nitrogen and oxygen atoms in total. The van der Waals surface area contributed by atoms with E-state index in [1.165, 1.54) is 10.8 Å². The third kappa shape index (κ3) is 6.17. The summed E-state index contributed by atoms with van der Waals surface area (Å²) in [7, 11) is 0. The molecule has 0 aliphatic heterocycles. The molecule has 5 heteroatoms. The summed E-state index contributed by atoms with van der Waals surface area (Å²) in [6, 6.07) is 21.7. The molecule has 2 amide bonds. The summed E-state index contributed by atoms with van der Waals surface area (Å²) in [6.07, 6.45) is 0.981. The fourth-order valence-electron chi connectivity index (χ4n) is 3.72. The zero-order chi connectivity index (χ0) is 22.4. The number of nitrogens with zero attached hydrogens (tertiary/aromatic N) is 1. The third-order valence-corrected chi connectivity index (χ3v) is 5.82. The lowest BCUT2D eigenvalue weighted by atomic mass is 10.0. The van der Waals surface area contributed by atoms with Crippen LogP contribution in [0.4, 0.5) is 0 Å². The first-order chi connectivity index (χ1) is 14.8. The molecule has 1 N–H and O–H groups in total. The maximum Gasteiger partial charge on any atom is 0.242 e. The lowest BCUT2D eigenvalue weighted by Gasteiger charge is -2.29. The van der Waals surface area contributed by atoms with Gasteiger partial charge in [-0.25, -0.2) is 0 Å². The van der Waals surface area contributed by atoms with E-state index >= 15 is 0 Å². The van der Waals surface area contributed by atoms with E-state index in [2.05, 4.69) is 45.5 Å². The molecule has 3 aromatic rings. The second kappa shape index (κ2) is 10.6.